The number of rotatable bonds is 3. The number of aliphatic carboxylic acids is 1. The van der Waals surface area contributed by atoms with Crippen molar-refractivity contribution in [2.24, 2.45) is 11.7 Å². The second kappa shape index (κ2) is 3.56. The van der Waals surface area contributed by atoms with Crippen LogP contribution in [0.4, 0.5) is 13.2 Å². The van der Waals surface area contributed by atoms with E-state index in [0.29, 0.717) is 0 Å². The third-order valence-electron chi connectivity index (χ3n) is 1.15. The van der Waals surface area contributed by atoms with Crippen LogP contribution in [0, 0.1) is 5.92 Å². The molecule has 0 spiro atoms. The van der Waals surface area contributed by atoms with Gasteiger partial charge in [0.15, 0.2) is 5.92 Å². The number of carboxylic acids is 1. The van der Waals surface area contributed by atoms with Crippen LogP contribution >= 0.6 is 0 Å². The lowest BCUT2D eigenvalue weighted by atomic mass is 10.1. The first-order valence-corrected chi connectivity index (χ1v) is 2.89. The summed E-state index contributed by atoms with van der Waals surface area (Å²) in [5.41, 5.74) is 4.80. The van der Waals surface area contributed by atoms with Crippen LogP contribution in [0.1, 0.15) is 6.42 Å². The minimum Gasteiger partial charge on any atom is -0.481 e. The van der Waals surface area contributed by atoms with Crippen LogP contribution in [0.25, 0.3) is 0 Å². The van der Waals surface area contributed by atoms with E-state index >= 15 is 0 Å². The summed E-state index contributed by atoms with van der Waals surface area (Å²) in [6, 6.07) is 0. The Hall–Kier alpha value is -0.780. The summed E-state index contributed by atoms with van der Waals surface area (Å²) in [7, 11) is 0. The van der Waals surface area contributed by atoms with Crippen molar-refractivity contribution >= 4 is 5.97 Å². The van der Waals surface area contributed by atoms with Crippen molar-refractivity contribution in [3.63, 3.8) is 0 Å². The summed E-state index contributed by atoms with van der Waals surface area (Å²) in [5, 5.41) is 8.06. The zero-order valence-corrected chi connectivity index (χ0v) is 5.56. The summed E-state index contributed by atoms with van der Waals surface area (Å²) >= 11 is 0. The Bertz CT molecular complexity index is 145. The van der Waals surface area contributed by atoms with Crippen molar-refractivity contribution in [1.82, 2.24) is 0 Å². The summed E-state index contributed by atoms with van der Waals surface area (Å²) in [5.74, 6) is -4.20. The molecule has 6 heteroatoms. The maximum Gasteiger partial charge on any atom is 0.402 e. The molecule has 0 aliphatic carbocycles. The SMILES string of the molecule is NCC[C@H](C(=O)O)C(F)(F)F. The molecule has 0 amide bonds. The third kappa shape index (κ3) is 3.22. The second-order valence-corrected chi connectivity index (χ2v) is 2.01. The van der Waals surface area contributed by atoms with Crippen molar-refractivity contribution < 1.29 is 23.1 Å². The fourth-order valence-corrected chi connectivity index (χ4v) is 0.594. The number of carbonyl (C=O) groups is 1. The van der Waals surface area contributed by atoms with Gasteiger partial charge >= 0.3 is 12.1 Å². The van der Waals surface area contributed by atoms with Gasteiger partial charge in [0.05, 0.1) is 0 Å². The lowest BCUT2D eigenvalue weighted by Gasteiger charge is -2.14. The van der Waals surface area contributed by atoms with Crippen LogP contribution in [-0.4, -0.2) is 23.8 Å². The number of hydrogen-bond acceptors (Lipinski definition) is 2. The molecule has 0 aliphatic rings. The fourth-order valence-electron chi connectivity index (χ4n) is 0.594. The van der Waals surface area contributed by atoms with E-state index in [9.17, 15) is 18.0 Å². The molecule has 0 saturated heterocycles. The average Bonchev–Trinajstić information content (AvgIpc) is 1.79. The fraction of sp³-hybridized carbons (Fsp3) is 0.800. The topological polar surface area (TPSA) is 63.3 Å². The maximum absolute atomic E-state index is 11.7. The van der Waals surface area contributed by atoms with Gasteiger partial charge in [0.2, 0.25) is 0 Å². The standard InChI is InChI=1S/C5H8F3NO2/c6-5(7,8)3(1-2-9)4(10)11/h3H,1-2,9H2,(H,10,11)/t3-/m1/s1. The molecular weight excluding hydrogens is 163 g/mol. The number of carboxylic acid groups (broad SMARTS) is 1. The first-order valence-electron chi connectivity index (χ1n) is 2.89. The molecule has 0 saturated carbocycles. The highest BCUT2D eigenvalue weighted by Gasteiger charge is 2.44. The molecule has 1 atom stereocenters. The minimum absolute atomic E-state index is 0.281. The second-order valence-electron chi connectivity index (χ2n) is 2.01. The van der Waals surface area contributed by atoms with Crippen LogP contribution in [0.2, 0.25) is 0 Å². The summed E-state index contributed by atoms with van der Waals surface area (Å²) < 4.78 is 35.2. The summed E-state index contributed by atoms with van der Waals surface area (Å²) in [4.78, 5) is 9.96. The smallest absolute Gasteiger partial charge is 0.402 e. The monoisotopic (exact) mass is 171 g/mol. The van der Waals surface area contributed by atoms with Gasteiger partial charge in [0, 0.05) is 0 Å². The molecule has 0 rings (SSSR count). The Balaban J connectivity index is 4.22. The molecule has 0 aliphatic heterocycles. The number of alkyl halides is 3. The molecule has 66 valence electrons. The van der Waals surface area contributed by atoms with Crippen molar-refractivity contribution in [2.75, 3.05) is 6.54 Å². The number of nitrogens with two attached hydrogens (primary N) is 1. The molecule has 11 heavy (non-hydrogen) atoms. The predicted molar refractivity (Wildman–Crippen MR) is 30.9 cm³/mol. The van der Waals surface area contributed by atoms with Gasteiger partial charge in [0.25, 0.3) is 0 Å². The van der Waals surface area contributed by atoms with Gasteiger partial charge in [0.1, 0.15) is 0 Å². The highest BCUT2D eigenvalue weighted by Crippen LogP contribution is 2.28. The molecule has 0 aromatic heterocycles. The first kappa shape index (κ1) is 10.2. The molecule has 0 aromatic carbocycles. The Kier molecular flexibility index (Phi) is 3.31. The zero-order valence-electron chi connectivity index (χ0n) is 5.56. The van der Waals surface area contributed by atoms with Gasteiger partial charge in [-0.3, -0.25) is 4.79 Å². The van der Waals surface area contributed by atoms with Crippen LogP contribution in [-0.2, 0) is 4.79 Å². The van der Waals surface area contributed by atoms with Gasteiger partial charge in [-0.1, -0.05) is 0 Å². The Morgan fingerprint density at radius 1 is 1.55 bits per heavy atom. The normalized spacial score (nSPS) is 14.5. The summed E-state index contributed by atoms with van der Waals surface area (Å²) in [6.45, 7) is -0.281. The van der Waals surface area contributed by atoms with Crippen molar-refractivity contribution in [2.45, 2.75) is 12.6 Å². The van der Waals surface area contributed by atoms with E-state index in [1.54, 1.807) is 0 Å². The minimum atomic E-state index is -4.69. The van der Waals surface area contributed by atoms with Crippen LogP contribution in [0.5, 0.6) is 0 Å². The van der Waals surface area contributed by atoms with Crippen molar-refractivity contribution in [1.29, 1.82) is 0 Å². The quantitative estimate of drug-likeness (QED) is 0.653. The van der Waals surface area contributed by atoms with E-state index < -0.39 is 24.5 Å². The lowest BCUT2D eigenvalue weighted by molar-refractivity contribution is -0.194. The molecule has 0 heterocycles. The van der Waals surface area contributed by atoms with E-state index in [1.807, 2.05) is 0 Å². The molecule has 0 bridgehead atoms. The van der Waals surface area contributed by atoms with Gasteiger partial charge in [-0.25, -0.2) is 0 Å². The third-order valence-corrected chi connectivity index (χ3v) is 1.15. The molecule has 3 nitrogen and oxygen atoms in total. The summed E-state index contributed by atoms with van der Waals surface area (Å²) in [6.07, 6.45) is -5.26. The highest BCUT2D eigenvalue weighted by atomic mass is 19.4. The van der Waals surface area contributed by atoms with Gasteiger partial charge in [-0.15, -0.1) is 0 Å². The van der Waals surface area contributed by atoms with E-state index in [4.69, 9.17) is 10.8 Å². The molecule has 0 aromatic rings. The maximum atomic E-state index is 11.7. The van der Waals surface area contributed by atoms with Gasteiger partial charge < -0.3 is 10.8 Å². The lowest BCUT2D eigenvalue weighted by Crippen LogP contribution is -2.32. The molecule has 0 radical (unpaired) electrons. The molecular formula is C5H8F3NO2. The number of hydrogen-bond donors (Lipinski definition) is 2. The zero-order chi connectivity index (χ0) is 9.07. The predicted octanol–water partition coefficient (Wildman–Crippen LogP) is 0.598. The van der Waals surface area contributed by atoms with E-state index in [2.05, 4.69) is 0 Å². The van der Waals surface area contributed by atoms with Crippen LogP contribution in [0.3, 0.4) is 0 Å². The van der Waals surface area contributed by atoms with E-state index in [-0.39, 0.29) is 6.54 Å². The number of halogens is 3. The largest absolute Gasteiger partial charge is 0.481 e. The van der Waals surface area contributed by atoms with Crippen LogP contribution in [0.15, 0.2) is 0 Å². The molecule has 3 N–H and O–H groups in total. The first-order chi connectivity index (χ1) is 4.89. The molecule has 0 fully saturated rings. The van der Waals surface area contributed by atoms with Crippen molar-refractivity contribution in [3.8, 4) is 0 Å². The van der Waals surface area contributed by atoms with E-state index in [0.717, 1.165) is 0 Å². The van der Waals surface area contributed by atoms with E-state index in [1.165, 1.54) is 0 Å². The Morgan fingerprint density at radius 2 is 2.00 bits per heavy atom. The van der Waals surface area contributed by atoms with Crippen LogP contribution < -0.4 is 5.73 Å². The van der Waals surface area contributed by atoms with Gasteiger partial charge in [-0.2, -0.15) is 13.2 Å². The Labute approximate surface area is 61.0 Å². The average molecular weight is 171 g/mol. The van der Waals surface area contributed by atoms with Crippen molar-refractivity contribution in [3.05, 3.63) is 0 Å². The highest BCUT2D eigenvalue weighted by molar-refractivity contribution is 5.70. The molecule has 0 unspecified atom stereocenters. The van der Waals surface area contributed by atoms with Gasteiger partial charge in [-0.05, 0) is 13.0 Å². The Morgan fingerprint density at radius 3 is 2.09 bits per heavy atom.